The summed E-state index contributed by atoms with van der Waals surface area (Å²) in [5, 5.41) is 3.46. The predicted molar refractivity (Wildman–Crippen MR) is 66.1 cm³/mol. The third-order valence-corrected chi connectivity index (χ3v) is 3.50. The molecule has 1 rings (SSSR count). The van der Waals surface area contributed by atoms with Crippen LogP contribution in [0.4, 0.5) is 0 Å². The summed E-state index contributed by atoms with van der Waals surface area (Å²) in [4.78, 5) is 2.60. The summed E-state index contributed by atoms with van der Waals surface area (Å²) < 4.78 is 0. The summed E-state index contributed by atoms with van der Waals surface area (Å²) in [6, 6.07) is 0.640. The lowest BCUT2D eigenvalue weighted by atomic mass is 10.2. The monoisotopic (exact) mass is 216 g/mol. The van der Waals surface area contributed by atoms with E-state index in [1.54, 1.807) is 0 Å². The van der Waals surface area contributed by atoms with E-state index in [1.807, 2.05) is 0 Å². The van der Waals surface area contributed by atoms with Gasteiger partial charge in [0.2, 0.25) is 0 Å². The fraction of sp³-hybridized carbons (Fsp3) is 1.00. The van der Waals surface area contributed by atoms with Crippen LogP contribution in [-0.4, -0.2) is 48.6 Å². The van der Waals surface area contributed by atoms with Gasteiger partial charge in [-0.2, -0.15) is 11.8 Å². The first-order valence-corrected chi connectivity index (χ1v) is 6.98. The van der Waals surface area contributed by atoms with Crippen LogP contribution in [0, 0.1) is 0 Å². The van der Waals surface area contributed by atoms with Gasteiger partial charge in [0.1, 0.15) is 0 Å². The highest BCUT2D eigenvalue weighted by Gasteiger charge is 2.08. The Labute approximate surface area is 92.8 Å². The Morgan fingerprint density at radius 1 is 1.21 bits per heavy atom. The molecule has 1 heterocycles. The standard InChI is InChI=1S/C11H24N2S/c1-11(2)12-5-3-4-6-13-7-9-14-10-8-13/h11-12H,3-10H2,1-2H3. The third-order valence-electron chi connectivity index (χ3n) is 2.56. The van der Waals surface area contributed by atoms with Crippen LogP contribution in [0.15, 0.2) is 0 Å². The molecule has 14 heavy (non-hydrogen) atoms. The molecule has 0 aromatic rings. The van der Waals surface area contributed by atoms with Crippen molar-refractivity contribution in [1.82, 2.24) is 10.2 Å². The molecule has 0 bridgehead atoms. The van der Waals surface area contributed by atoms with Crippen LogP contribution in [0.5, 0.6) is 0 Å². The maximum Gasteiger partial charge on any atom is 0.00727 e. The van der Waals surface area contributed by atoms with Crippen molar-refractivity contribution in [1.29, 1.82) is 0 Å². The molecule has 1 aliphatic rings. The van der Waals surface area contributed by atoms with Crippen LogP contribution in [-0.2, 0) is 0 Å². The Bertz CT molecular complexity index is 133. The van der Waals surface area contributed by atoms with E-state index < -0.39 is 0 Å². The zero-order valence-electron chi connectivity index (χ0n) is 9.59. The Morgan fingerprint density at radius 3 is 2.57 bits per heavy atom. The highest BCUT2D eigenvalue weighted by molar-refractivity contribution is 7.99. The Balaban J connectivity index is 1.87. The van der Waals surface area contributed by atoms with Crippen LogP contribution >= 0.6 is 11.8 Å². The van der Waals surface area contributed by atoms with Crippen molar-refractivity contribution in [3.05, 3.63) is 0 Å². The summed E-state index contributed by atoms with van der Waals surface area (Å²) in [5.41, 5.74) is 0. The minimum absolute atomic E-state index is 0.640. The average Bonchev–Trinajstić information content (AvgIpc) is 2.18. The third kappa shape index (κ3) is 5.89. The first-order valence-electron chi connectivity index (χ1n) is 5.82. The summed E-state index contributed by atoms with van der Waals surface area (Å²) in [5.74, 6) is 2.68. The van der Waals surface area contributed by atoms with E-state index in [1.165, 1.54) is 50.5 Å². The van der Waals surface area contributed by atoms with Crippen LogP contribution in [0.25, 0.3) is 0 Å². The molecular formula is C11H24N2S. The smallest absolute Gasteiger partial charge is 0.00727 e. The van der Waals surface area contributed by atoms with E-state index in [0.29, 0.717) is 6.04 Å². The number of rotatable bonds is 6. The van der Waals surface area contributed by atoms with Crippen molar-refractivity contribution in [3.63, 3.8) is 0 Å². The molecule has 0 aliphatic carbocycles. The molecule has 0 aromatic carbocycles. The van der Waals surface area contributed by atoms with E-state index in [2.05, 4.69) is 35.8 Å². The Morgan fingerprint density at radius 2 is 1.93 bits per heavy atom. The SMILES string of the molecule is CC(C)NCCCCN1CCSCC1. The quantitative estimate of drug-likeness (QED) is 0.682. The molecule has 1 fully saturated rings. The fourth-order valence-corrected chi connectivity index (χ4v) is 2.65. The second-order valence-corrected chi connectivity index (χ2v) is 5.49. The normalized spacial score (nSPS) is 19.1. The van der Waals surface area contributed by atoms with Crippen molar-refractivity contribution in [2.75, 3.05) is 37.7 Å². The molecule has 0 atom stereocenters. The van der Waals surface area contributed by atoms with Gasteiger partial charge in [0.05, 0.1) is 0 Å². The van der Waals surface area contributed by atoms with Gasteiger partial charge in [0.15, 0.2) is 0 Å². The van der Waals surface area contributed by atoms with Crippen LogP contribution in [0.3, 0.4) is 0 Å². The zero-order chi connectivity index (χ0) is 10.2. The van der Waals surface area contributed by atoms with Gasteiger partial charge < -0.3 is 10.2 Å². The number of nitrogens with zero attached hydrogens (tertiary/aromatic N) is 1. The highest BCUT2D eigenvalue weighted by Crippen LogP contribution is 2.09. The lowest BCUT2D eigenvalue weighted by molar-refractivity contribution is 0.294. The number of nitrogens with one attached hydrogen (secondary N) is 1. The predicted octanol–water partition coefficient (Wildman–Crippen LogP) is 1.81. The summed E-state index contributed by atoms with van der Waals surface area (Å²) in [6.07, 6.45) is 2.67. The van der Waals surface area contributed by atoms with Crippen molar-refractivity contribution in [2.45, 2.75) is 32.7 Å². The topological polar surface area (TPSA) is 15.3 Å². The van der Waals surface area contributed by atoms with Gasteiger partial charge in [-0.25, -0.2) is 0 Å². The van der Waals surface area contributed by atoms with E-state index >= 15 is 0 Å². The maximum absolute atomic E-state index is 3.46. The molecule has 1 aliphatic heterocycles. The van der Waals surface area contributed by atoms with Gasteiger partial charge in [0, 0.05) is 30.6 Å². The van der Waals surface area contributed by atoms with Crippen LogP contribution < -0.4 is 5.32 Å². The Kier molecular flexibility index (Phi) is 6.65. The summed E-state index contributed by atoms with van der Waals surface area (Å²) >= 11 is 2.09. The van der Waals surface area contributed by atoms with Gasteiger partial charge in [0.25, 0.3) is 0 Å². The lowest BCUT2D eigenvalue weighted by Crippen LogP contribution is -2.33. The second-order valence-electron chi connectivity index (χ2n) is 4.27. The minimum atomic E-state index is 0.640. The van der Waals surface area contributed by atoms with Crippen molar-refractivity contribution in [3.8, 4) is 0 Å². The fourth-order valence-electron chi connectivity index (χ4n) is 1.68. The van der Waals surface area contributed by atoms with Gasteiger partial charge in [-0.05, 0) is 25.9 Å². The molecule has 1 N–H and O–H groups in total. The molecule has 0 aromatic heterocycles. The number of hydrogen-bond donors (Lipinski definition) is 1. The van der Waals surface area contributed by atoms with Gasteiger partial charge >= 0.3 is 0 Å². The largest absolute Gasteiger partial charge is 0.315 e. The molecular weight excluding hydrogens is 192 g/mol. The Hall–Kier alpha value is 0.270. The maximum atomic E-state index is 3.46. The summed E-state index contributed by atoms with van der Waals surface area (Å²) in [6.45, 7) is 9.52. The first-order chi connectivity index (χ1) is 6.79. The molecule has 0 saturated carbocycles. The molecule has 1 saturated heterocycles. The number of hydrogen-bond acceptors (Lipinski definition) is 3. The van der Waals surface area contributed by atoms with Crippen LogP contribution in [0.1, 0.15) is 26.7 Å². The van der Waals surface area contributed by atoms with Crippen molar-refractivity contribution < 1.29 is 0 Å². The zero-order valence-corrected chi connectivity index (χ0v) is 10.4. The lowest BCUT2D eigenvalue weighted by Gasteiger charge is -2.26. The van der Waals surface area contributed by atoms with E-state index in [9.17, 15) is 0 Å². The highest BCUT2D eigenvalue weighted by atomic mass is 32.2. The molecule has 84 valence electrons. The molecule has 3 heteroatoms. The second kappa shape index (κ2) is 7.55. The number of unbranched alkanes of at least 4 members (excludes halogenated alkanes) is 1. The van der Waals surface area contributed by atoms with E-state index in [0.717, 1.165) is 0 Å². The number of thioether (sulfide) groups is 1. The molecule has 2 nitrogen and oxygen atoms in total. The molecule has 0 amide bonds. The minimum Gasteiger partial charge on any atom is -0.315 e. The van der Waals surface area contributed by atoms with E-state index in [4.69, 9.17) is 0 Å². The average molecular weight is 216 g/mol. The van der Waals surface area contributed by atoms with Crippen molar-refractivity contribution in [2.24, 2.45) is 0 Å². The molecule has 0 radical (unpaired) electrons. The molecule has 0 unspecified atom stereocenters. The first kappa shape index (κ1) is 12.3. The van der Waals surface area contributed by atoms with Gasteiger partial charge in [-0.3, -0.25) is 0 Å². The van der Waals surface area contributed by atoms with Gasteiger partial charge in [-0.15, -0.1) is 0 Å². The molecule has 0 spiro atoms. The van der Waals surface area contributed by atoms with Crippen LogP contribution in [0.2, 0.25) is 0 Å². The van der Waals surface area contributed by atoms with E-state index in [-0.39, 0.29) is 0 Å². The van der Waals surface area contributed by atoms with Crippen molar-refractivity contribution >= 4 is 11.8 Å². The summed E-state index contributed by atoms with van der Waals surface area (Å²) in [7, 11) is 0. The van der Waals surface area contributed by atoms with Gasteiger partial charge in [-0.1, -0.05) is 13.8 Å².